The summed E-state index contributed by atoms with van der Waals surface area (Å²) in [6.07, 6.45) is -1.02. The predicted molar refractivity (Wildman–Crippen MR) is 87.7 cm³/mol. The first-order valence-electron chi connectivity index (χ1n) is 8.19. The number of rotatable bonds is 3. The molecule has 0 aliphatic carbocycles. The van der Waals surface area contributed by atoms with Crippen molar-refractivity contribution in [3.8, 4) is 11.1 Å². The Bertz CT molecular complexity index is 723. The fourth-order valence-electron chi connectivity index (χ4n) is 3.29. The van der Waals surface area contributed by atoms with Crippen LogP contribution in [0.4, 0.5) is 13.2 Å². The van der Waals surface area contributed by atoms with Crippen LogP contribution in [0.3, 0.4) is 0 Å². The van der Waals surface area contributed by atoms with Gasteiger partial charge < -0.3 is 4.90 Å². The Hall–Kier alpha value is -2.37. The molecule has 0 spiro atoms. The van der Waals surface area contributed by atoms with Crippen LogP contribution in [0.5, 0.6) is 0 Å². The molecule has 131 valence electrons. The average molecular weight is 347 g/mol. The van der Waals surface area contributed by atoms with Crippen LogP contribution < -0.4 is 0 Å². The third-order valence-electron chi connectivity index (χ3n) is 4.51. The highest BCUT2D eigenvalue weighted by atomic mass is 19.4. The molecular formula is C19H18F3N2O. The van der Waals surface area contributed by atoms with E-state index in [1.807, 2.05) is 30.3 Å². The zero-order valence-electron chi connectivity index (χ0n) is 13.6. The molecule has 0 saturated carbocycles. The Morgan fingerprint density at radius 1 is 1.28 bits per heavy atom. The summed E-state index contributed by atoms with van der Waals surface area (Å²) in [5, 5.41) is 0. The SMILES string of the molecule is O=C(CC(F)(F)F)N1CCC(c2cc[c]cc2-c2cccnc2)CC1. The lowest BCUT2D eigenvalue weighted by atomic mass is 9.85. The van der Waals surface area contributed by atoms with Crippen LogP contribution in [0.1, 0.15) is 30.7 Å². The van der Waals surface area contributed by atoms with Crippen molar-refractivity contribution in [1.82, 2.24) is 9.88 Å². The second-order valence-corrected chi connectivity index (χ2v) is 6.20. The highest BCUT2D eigenvalue weighted by Gasteiger charge is 2.35. The second-order valence-electron chi connectivity index (χ2n) is 6.20. The number of carbonyl (C=O) groups excluding carboxylic acids is 1. The lowest BCUT2D eigenvalue weighted by Crippen LogP contribution is -2.39. The number of pyridine rings is 1. The fourth-order valence-corrected chi connectivity index (χ4v) is 3.29. The van der Waals surface area contributed by atoms with Gasteiger partial charge in [0.25, 0.3) is 0 Å². The summed E-state index contributed by atoms with van der Waals surface area (Å²) >= 11 is 0. The number of carbonyl (C=O) groups is 1. The van der Waals surface area contributed by atoms with Crippen LogP contribution in [-0.4, -0.2) is 35.1 Å². The standard InChI is InChI=1S/C19H18F3N2O/c20-19(21,22)12-18(25)24-10-7-14(8-11-24)16-5-1-2-6-17(16)15-4-3-9-23-13-15/h1,3-6,9,13-14H,7-8,10-12H2. The van der Waals surface area contributed by atoms with Gasteiger partial charge in [-0.25, -0.2) is 0 Å². The summed E-state index contributed by atoms with van der Waals surface area (Å²) < 4.78 is 37.2. The molecule has 1 amide bonds. The normalized spacial score (nSPS) is 16.0. The highest BCUT2D eigenvalue weighted by molar-refractivity contribution is 5.77. The van der Waals surface area contributed by atoms with E-state index in [1.165, 1.54) is 4.90 Å². The third kappa shape index (κ3) is 4.38. The van der Waals surface area contributed by atoms with Gasteiger partial charge in [0.2, 0.25) is 5.91 Å². The van der Waals surface area contributed by atoms with Crippen LogP contribution in [0.15, 0.2) is 42.7 Å². The molecular weight excluding hydrogens is 329 g/mol. The van der Waals surface area contributed by atoms with E-state index in [0.717, 1.165) is 16.7 Å². The molecule has 2 heterocycles. The zero-order valence-corrected chi connectivity index (χ0v) is 13.6. The number of alkyl halides is 3. The molecule has 3 nitrogen and oxygen atoms in total. The topological polar surface area (TPSA) is 33.2 Å². The van der Waals surface area contributed by atoms with Crippen molar-refractivity contribution in [2.24, 2.45) is 0 Å². The maximum Gasteiger partial charge on any atom is 0.397 e. The van der Waals surface area contributed by atoms with Crippen LogP contribution in [0, 0.1) is 6.07 Å². The van der Waals surface area contributed by atoms with E-state index in [9.17, 15) is 18.0 Å². The van der Waals surface area contributed by atoms with Crippen LogP contribution in [0.25, 0.3) is 11.1 Å². The molecule has 0 atom stereocenters. The quantitative estimate of drug-likeness (QED) is 0.833. The van der Waals surface area contributed by atoms with Gasteiger partial charge >= 0.3 is 6.18 Å². The third-order valence-corrected chi connectivity index (χ3v) is 4.51. The van der Waals surface area contributed by atoms with Gasteiger partial charge in [-0.15, -0.1) is 0 Å². The Morgan fingerprint density at radius 2 is 2.04 bits per heavy atom. The van der Waals surface area contributed by atoms with Crippen molar-refractivity contribution in [2.45, 2.75) is 31.4 Å². The number of likely N-dealkylation sites (tertiary alicyclic amines) is 1. The number of piperidine rings is 1. The first-order chi connectivity index (χ1) is 11.9. The summed E-state index contributed by atoms with van der Waals surface area (Å²) in [6.45, 7) is 0.704. The van der Waals surface area contributed by atoms with E-state index in [1.54, 1.807) is 12.4 Å². The number of benzene rings is 1. The molecule has 1 radical (unpaired) electrons. The van der Waals surface area contributed by atoms with E-state index in [2.05, 4.69) is 11.1 Å². The van der Waals surface area contributed by atoms with E-state index in [-0.39, 0.29) is 5.92 Å². The number of nitrogens with zero attached hydrogens (tertiary/aromatic N) is 2. The molecule has 3 rings (SSSR count). The summed E-state index contributed by atoms with van der Waals surface area (Å²) in [5.41, 5.74) is 3.16. The van der Waals surface area contributed by atoms with E-state index < -0.39 is 18.5 Å². The number of hydrogen-bond donors (Lipinski definition) is 0. The Balaban J connectivity index is 1.71. The van der Waals surface area contributed by atoms with E-state index in [0.29, 0.717) is 25.9 Å². The molecule has 6 heteroatoms. The second kappa shape index (κ2) is 7.25. The highest BCUT2D eigenvalue weighted by Crippen LogP contribution is 2.35. The monoisotopic (exact) mass is 347 g/mol. The molecule has 0 unspecified atom stereocenters. The minimum Gasteiger partial charge on any atom is -0.342 e. The Kier molecular flexibility index (Phi) is 5.06. The molecule has 2 aromatic rings. The minimum absolute atomic E-state index is 0.208. The molecule has 1 aromatic heterocycles. The zero-order chi connectivity index (χ0) is 17.9. The van der Waals surface area contributed by atoms with Crippen molar-refractivity contribution >= 4 is 5.91 Å². The summed E-state index contributed by atoms with van der Waals surface area (Å²) in [5.74, 6) is -0.625. The van der Waals surface area contributed by atoms with Crippen LogP contribution >= 0.6 is 0 Å². The van der Waals surface area contributed by atoms with Gasteiger partial charge in [0.1, 0.15) is 6.42 Å². The van der Waals surface area contributed by atoms with Gasteiger partial charge in [0, 0.05) is 31.0 Å². The van der Waals surface area contributed by atoms with Crippen molar-refractivity contribution in [3.05, 3.63) is 54.4 Å². The maximum atomic E-state index is 12.4. The predicted octanol–water partition coefficient (Wildman–Crippen LogP) is 4.21. The van der Waals surface area contributed by atoms with Crippen molar-refractivity contribution < 1.29 is 18.0 Å². The van der Waals surface area contributed by atoms with E-state index in [4.69, 9.17) is 0 Å². The first kappa shape index (κ1) is 17.5. The van der Waals surface area contributed by atoms with Gasteiger partial charge in [-0.3, -0.25) is 9.78 Å². The van der Waals surface area contributed by atoms with Crippen molar-refractivity contribution in [2.75, 3.05) is 13.1 Å². The molecule has 0 N–H and O–H groups in total. The lowest BCUT2D eigenvalue weighted by molar-refractivity contribution is -0.162. The van der Waals surface area contributed by atoms with Crippen molar-refractivity contribution in [1.29, 1.82) is 0 Å². The van der Waals surface area contributed by atoms with Gasteiger partial charge in [0.15, 0.2) is 0 Å². The van der Waals surface area contributed by atoms with Gasteiger partial charge in [0.05, 0.1) is 0 Å². The Morgan fingerprint density at radius 3 is 2.68 bits per heavy atom. The fraction of sp³-hybridized carbons (Fsp3) is 0.368. The number of aromatic nitrogens is 1. The van der Waals surface area contributed by atoms with Gasteiger partial charge in [-0.1, -0.05) is 18.2 Å². The minimum atomic E-state index is -4.45. The molecule has 1 fully saturated rings. The summed E-state index contributed by atoms with van der Waals surface area (Å²) in [7, 11) is 0. The number of halogens is 3. The average Bonchev–Trinajstić information content (AvgIpc) is 2.61. The van der Waals surface area contributed by atoms with Gasteiger partial charge in [-0.2, -0.15) is 13.2 Å². The van der Waals surface area contributed by atoms with Crippen LogP contribution in [0.2, 0.25) is 0 Å². The molecule has 0 bridgehead atoms. The summed E-state index contributed by atoms with van der Waals surface area (Å²) in [4.78, 5) is 17.2. The summed E-state index contributed by atoms with van der Waals surface area (Å²) in [6, 6.07) is 12.7. The van der Waals surface area contributed by atoms with Crippen LogP contribution in [-0.2, 0) is 4.79 Å². The first-order valence-corrected chi connectivity index (χ1v) is 8.19. The largest absolute Gasteiger partial charge is 0.397 e. The molecule has 1 aliphatic heterocycles. The molecule has 25 heavy (non-hydrogen) atoms. The number of amides is 1. The Labute approximate surface area is 144 Å². The van der Waals surface area contributed by atoms with Gasteiger partial charge in [-0.05, 0) is 48.1 Å². The van der Waals surface area contributed by atoms with Crippen molar-refractivity contribution in [3.63, 3.8) is 0 Å². The smallest absolute Gasteiger partial charge is 0.342 e. The number of hydrogen-bond acceptors (Lipinski definition) is 2. The maximum absolute atomic E-state index is 12.4. The molecule has 1 aromatic carbocycles. The lowest BCUT2D eigenvalue weighted by Gasteiger charge is -2.33. The molecule has 1 aliphatic rings. The molecule has 1 saturated heterocycles. The van der Waals surface area contributed by atoms with E-state index >= 15 is 0 Å².